The molecule has 0 aliphatic rings. The Bertz CT molecular complexity index is 826. The van der Waals surface area contributed by atoms with Crippen molar-refractivity contribution in [2.45, 2.75) is 278 Å². The van der Waals surface area contributed by atoms with Gasteiger partial charge in [0.05, 0.1) is 0 Å². The summed E-state index contributed by atoms with van der Waals surface area (Å²) in [6, 6.07) is 0. The van der Waals surface area contributed by atoms with Crippen molar-refractivity contribution in [3.05, 3.63) is 0 Å². The van der Waals surface area contributed by atoms with E-state index in [1.54, 1.807) is 0 Å². The number of ether oxygens (including phenoxy) is 3. The Labute approximate surface area is 342 Å². The highest BCUT2D eigenvalue weighted by Gasteiger charge is 2.19. The molecule has 0 aromatic carbocycles. The summed E-state index contributed by atoms with van der Waals surface area (Å²) in [7, 11) is 0. The summed E-state index contributed by atoms with van der Waals surface area (Å²) in [6.07, 6.45) is 43.9. The summed E-state index contributed by atoms with van der Waals surface area (Å²) < 4.78 is 16.7. The fourth-order valence-electron chi connectivity index (χ4n) is 7.33. The molecule has 0 aromatic rings. The first-order chi connectivity index (χ1) is 26.9. The van der Waals surface area contributed by atoms with E-state index in [1.807, 2.05) is 0 Å². The van der Waals surface area contributed by atoms with E-state index >= 15 is 0 Å². The van der Waals surface area contributed by atoms with Gasteiger partial charge in [-0.2, -0.15) is 0 Å². The minimum absolute atomic E-state index is 0.0644. The highest BCUT2D eigenvalue weighted by molar-refractivity contribution is 5.71. The molecule has 0 spiro atoms. The third kappa shape index (κ3) is 43.4. The molecule has 6 nitrogen and oxygen atoms in total. The smallest absolute Gasteiger partial charge is 0.306 e. The molecule has 0 bridgehead atoms. The van der Waals surface area contributed by atoms with Crippen molar-refractivity contribution >= 4 is 17.9 Å². The van der Waals surface area contributed by atoms with Crippen molar-refractivity contribution in [1.82, 2.24) is 0 Å². The van der Waals surface area contributed by atoms with Crippen LogP contribution in [0.15, 0.2) is 0 Å². The number of hydrogen-bond donors (Lipinski definition) is 0. The van der Waals surface area contributed by atoms with Gasteiger partial charge in [-0.1, -0.05) is 233 Å². The maximum atomic E-state index is 12.7. The lowest BCUT2D eigenvalue weighted by atomic mass is 10.0. The van der Waals surface area contributed by atoms with Crippen LogP contribution in [0.25, 0.3) is 0 Å². The molecule has 0 heterocycles. The Morgan fingerprint density at radius 1 is 0.345 bits per heavy atom. The molecule has 0 rings (SSSR count). The maximum Gasteiger partial charge on any atom is 0.306 e. The van der Waals surface area contributed by atoms with Gasteiger partial charge in [-0.15, -0.1) is 0 Å². The van der Waals surface area contributed by atoms with Gasteiger partial charge in [0.2, 0.25) is 0 Å². The first-order valence-electron chi connectivity index (χ1n) is 24.4. The zero-order valence-corrected chi connectivity index (χ0v) is 37.4. The van der Waals surface area contributed by atoms with Crippen molar-refractivity contribution in [2.24, 2.45) is 5.92 Å². The van der Waals surface area contributed by atoms with E-state index in [0.29, 0.717) is 19.3 Å². The van der Waals surface area contributed by atoms with Gasteiger partial charge >= 0.3 is 17.9 Å². The molecule has 0 saturated heterocycles. The Kier molecular flexibility index (Phi) is 42.3. The third-order valence-electron chi connectivity index (χ3n) is 11.0. The summed E-state index contributed by atoms with van der Waals surface area (Å²) in [4.78, 5) is 37.7. The molecule has 0 aromatic heterocycles. The highest BCUT2D eigenvalue weighted by Crippen LogP contribution is 2.17. The standard InChI is InChI=1S/C49H94O6/c1-5-7-9-11-13-15-17-18-19-20-21-22-23-24-26-28-34-38-42-49(52)55-46(44-54-48(51)41-37-33-30-29-31-35-39-45(3)4)43-53-47(50)40-36-32-27-25-16-14-12-10-8-6-2/h45-46H,5-44H2,1-4H3/t46-/m1/s1. The van der Waals surface area contributed by atoms with Gasteiger partial charge in [0.25, 0.3) is 0 Å². The summed E-state index contributed by atoms with van der Waals surface area (Å²) in [5.41, 5.74) is 0. The van der Waals surface area contributed by atoms with Crippen LogP contribution in [0.5, 0.6) is 0 Å². The first kappa shape index (κ1) is 53.4. The van der Waals surface area contributed by atoms with E-state index in [-0.39, 0.29) is 31.1 Å². The fraction of sp³-hybridized carbons (Fsp3) is 0.939. The molecule has 0 saturated carbocycles. The number of esters is 3. The second-order valence-electron chi connectivity index (χ2n) is 17.2. The van der Waals surface area contributed by atoms with Gasteiger partial charge in [0, 0.05) is 19.3 Å². The quantitative estimate of drug-likeness (QED) is 0.0348. The minimum atomic E-state index is -0.760. The molecule has 0 fully saturated rings. The molecule has 0 amide bonds. The normalized spacial score (nSPS) is 11.9. The second kappa shape index (κ2) is 43.5. The second-order valence-corrected chi connectivity index (χ2v) is 17.2. The minimum Gasteiger partial charge on any atom is -0.462 e. The number of carbonyl (C=O) groups excluding carboxylic acids is 3. The van der Waals surface area contributed by atoms with Crippen molar-refractivity contribution in [3.63, 3.8) is 0 Å². The zero-order valence-electron chi connectivity index (χ0n) is 37.4. The van der Waals surface area contributed by atoms with E-state index in [0.717, 1.165) is 63.7 Å². The Morgan fingerprint density at radius 2 is 0.600 bits per heavy atom. The molecule has 55 heavy (non-hydrogen) atoms. The molecular formula is C49H94O6. The number of carbonyl (C=O) groups is 3. The van der Waals surface area contributed by atoms with Crippen LogP contribution in [0.4, 0.5) is 0 Å². The Hall–Kier alpha value is -1.59. The van der Waals surface area contributed by atoms with Crippen molar-refractivity contribution < 1.29 is 28.6 Å². The molecule has 0 unspecified atom stereocenters. The lowest BCUT2D eigenvalue weighted by molar-refractivity contribution is -0.167. The van der Waals surface area contributed by atoms with E-state index in [4.69, 9.17) is 14.2 Å². The predicted molar refractivity (Wildman–Crippen MR) is 233 cm³/mol. The highest BCUT2D eigenvalue weighted by atomic mass is 16.6. The van der Waals surface area contributed by atoms with Crippen LogP contribution in [0.3, 0.4) is 0 Å². The summed E-state index contributed by atoms with van der Waals surface area (Å²) >= 11 is 0. The third-order valence-corrected chi connectivity index (χ3v) is 11.0. The average Bonchev–Trinajstić information content (AvgIpc) is 3.17. The lowest BCUT2D eigenvalue weighted by Gasteiger charge is -2.18. The van der Waals surface area contributed by atoms with E-state index in [2.05, 4.69) is 27.7 Å². The summed E-state index contributed by atoms with van der Waals surface area (Å²) in [5, 5.41) is 0. The van der Waals surface area contributed by atoms with Crippen LogP contribution < -0.4 is 0 Å². The van der Waals surface area contributed by atoms with Crippen molar-refractivity contribution in [3.8, 4) is 0 Å². The molecule has 0 N–H and O–H groups in total. The lowest BCUT2D eigenvalue weighted by Crippen LogP contribution is -2.30. The number of rotatable bonds is 44. The molecule has 326 valence electrons. The van der Waals surface area contributed by atoms with E-state index < -0.39 is 6.10 Å². The van der Waals surface area contributed by atoms with Gasteiger partial charge in [0.1, 0.15) is 13.2 Å². The summed E-state index contributed by atoms with van der Waals surface area (Å²) in [6.45, 7) is 8.93. The molecular weight excluding hydrogens is 685 g/mol. The predicted octanol–water partition coefficient (Wildman–Crippen LogP) is 15.5. The van der Waals surface area contributed by atoms with Gasteiger partial charge in [-0.3, -0.25) is 14.4 Å². The first-order valence-corrected chi connectivity index (χ1v) is 24.4. The van der Waals surface area contributed by atoms with E-state index in [1.165, 1.54) is 167 Å². The van der Waals surface area contributed by atoms with Gasteiger partial charge in [0.15, 0.2) is 6.10 Å². The fourth-order valence-corrected chi connectivity index (χ4v) is 7.33. The van der Waals surface area contributed by atoms with Crippen molar-refractivity contribution in [1.29, 1.82) is 0 Å². The molecule has 0 aliphatic carbocycles. The van der Waals surface area contributed by atoms with Crippen LogP contribution in [0.2, 0.25) is 0 Å². The SMILES string of the molecule is CCCCCCCCCCCCCCCCCCCCC(=O)O[C@H](COC(=O)CCCCCCCCCCCC)COC(=O)CCCCCCCCC(C)C. The summed E-state index contributed by atoms with van der Waals surface area (Å²) in [5.74, 6) is -0.0925. The van der Waals surface area contributed by atoms with E-state index in [9.17, 15) is 14.4 Å². The number of hydrogen-bond acceptors (Lipinski definition) is 6. The Balaban J connectivity index is 4.24. The molecule has 0 radical (unpaired) electrons. The topological polar surface area (TPSA) is 78.9 Å². The van der Waals surface area contributed by atoms with Gasteiger partial charge < -0.3 is 14.2 Å². The van der Waals surface area contributed by atoms with Crippen LogP contribution in [0, 0.1) is 5.92 Å². The Morgan fingerprint density at radius 3 is 0.891 bits per heavy atom. The zero-order chi connectivity index (χ0) is 40.3. The largest absolute Gasteiger partial charge is 0.462 e. The van der Waals surface area contributed by atoms with Crippen LogP contribution >= 0.6 is 0 Å². The van der Waals surface area contributed by atoms with Crippen LogP contribution in [-0.4, -0.2) is 37.2 Å². The number of unbranched alkanes of at least 4 members (excludes halogenated alkanes) is 31. The van der Waals surface area contributed by atoms with Gasteiger partial charge in [-0.25, -0.2) is 0 Å². The molecule has 1 atom stereocenters. The monoisotopic (exact) mass is 779 g/mol. The maximum absolute atomic E-state index is 12.7. The van der Waals surface area contributed by atoms with Gasteiger partial charge in [-0.05, 0) is 25.2 Å². The molecule has 6 heteroatoms. The van der Waals surface area contributed by atoms with Crippen molar-refractivity contribution in [2.75, 3.05) is 13.2 Å². The average molecular weight is 779 g/mol. The molecule has 0 aliphatic heterocycles. The van der Waals surface area contributed by atoms with Crippen LogP contribution in [-0.2, 0) is 28.6 Å². The van der Waals surface area contributed by atoms with Crippen LogP contribution in [0.1, 0.15) is 272 Å².